The molecule has 0 heterocycles. The number of phenolic OH excluding ortho intramolecular Hbond substituents is 1. The third-order valence-electron chi connectivity index (χ3n) is 1.84. The molecule has 0 radical (unpaired) electrons. The number of carbonyl (C=O) groups excluding carboxylic acids is 1. The summed E-state index contributed by atoms with van der Waals surface area (Å²) in [6, 6.07) is 5.63. The number of benzene rings is 1. The van der Waals surface area contributed by atoms with E-state index in [0.29, 0.717) is 0 Å². The van der Waals surface area contributed by atoms with Crippen LogP contribution >= 0.6 is 0 Å². The van der Waals surface area contributed by atoms with Crippen LogP contribution in [0, 0.1) is 0 Å². The highest BCUT2D eigenvalue weighted by Gasteiger charge is 2.29. The molecule has 0 aromatic heterocycles. The lowest BCUT2D eigenvalue weighted by Gasteiger charge is -2.19. The third kappa shape index (κ3) is 2.93. The maximum Gasteiger partial charge on any atom is 0.333 e. The van der Waals surface area contributed by atoms with Crippen molar-refractivity contribution in [1.29, 1.82) is 0 Å². The normalized spacial score (nSPS) is 14.3. The Kier molecular flexibility index (Phi) is 3.28. The highest BCUT2D eigenvalue weighted by molar-refractivity contribution is 5.82. The SMILES string of the molecule is C[C@](N)(CO)C(=O)Oc1ccc(O)cc1. The second-order valence-electron chi connectivity index (χ2n) is 3.46. The smallest absolute Gasteiger partial charge is 0.333 e. The third-order valence-corrected chi connectivity index (χ3v) is 1.84. The summed E-state index contributed by atoms with van der Waals surface area (Å²) in [6.45, 7) is 0.875. The minimum absolute atomic E-state index is 0.0764. The van der Waals surface area contributed by atoms with Crippen molar-refractivity contribution in [2.45, 2.75) is 12.5 Å². The molecule has 0 saturated heterocycles. The molecule has 0 amide bonds. The van der Waals surface area contributed by atoms with Crippen LogP contribution in [0.3, 0.4) is 0 Å². The minimum Gasteiger partial charge on any atom is -0.508 e. The molecule has 0 saturated carbocycles. The lowest BCUT2D eigenvalue weighted by Crippen LogP contribution is -2.50. The zero-order valence-electron chi connectivity index (χ0n) is 8.30. The number of nitrogens with two attached hydrogens (primary N) is 1. The Morgan fingerprint density at radius 1 is 1.47 bits per heavy atom. The van der Waals surface area contributed by atoms with E-state index in [1.807, 2.05) is 0 Å². The molecule has 0 aliphatic rings. The van der Waals surface area contributed by atoms with Gasteiger partial charge >= 0.3 is 5.97 Å². The summed E-state index contributed by atoms with van der Waals surface area (Å²) < 4.78 is 4.89. The number of esters is 1. The predicted molar refractivity (Wildman–Crippen MR) is 53.4 cm³/mol. The zero-order valence-corrected chi connectivity index (χ0v) is 8.30. The number of phenols is 1. The van der Waals surface area contributed by atoms with Crippen molar-refractivity contribution < 1.29 is 19.7 Å². The lowest BCUT2D eigenvalue weighted by atomic mass is 10.1. The lowest BCUT2D eigenvalue weighted by molar-refractivity contribution is -0.141. The molecule has 0 unspecified atom stereocenters. The molecule has 0 spiro atoms. The zero-order chi connectivity index (χ0) is 11.5. The van der Waals surface area contributed by atoms with Crippen LogP contribution in [0.5, 0.6) is 11.5 Å². The first kappa shape index (κ1) is 11.5. The first-order chi connectivity index (χ1) is 6.95. The van der Waals surface area contributed by atoms with Crippen molar-refractivity contribution in [2.75, 3.05) is 6.61 Å². The molecule has 15 heavy (non-hydrogen) atoms. The Hall–Kier alpha value is -1.59. The van der Waals surface area contributed by atoms with Crippen molar-refractivity contribution in [2.24, 2.45) is 5.73 Å². The van der Waals surface area contributed by atoms with Crippen molar-refractivity contribution in [3.05, 3.63) is 24.3 Å². The first-order valence-electron chi connectivity index (χ1n) is 4.37. The quantitative estimate of drug-likeness (QED) is 0.483. The average Bonchev–Trinajstić information content (AvgIpc) is 2.21. The molecular formula is C10H13NO4. The second-order valence-corrected chi connectivity index (χ2v) is 3.46. The number of aliphatic hydroxyl groups excluding tert-OH is 1. The standard InChI is InChI=1S/C10H13NO4/c1-10(11,6-12)9(14)15-8-4-2-7(13)3-5-8/h2-5,12-13H,6,11H2,1H3/t10-/m0/s1. The molecule has 0 bridgehead atoms. The minimum atomic E-state index is -1.42. The molecule has 5 heteroatoms. The van der Waals surface area contributed by atoms with Crippen molar-refractivity contribution in [1.82, 2.24) is 0 Å². The number of aliphatic hydroxyl groups is 1. The summed E-state index contributed by atoms with van der Waals surface area (Å²) in [5.74, 6) is -0.383. The molecule has 0 aliphatic carbocycles. The van der Waals surface area contributed by atoms with Crippen molar-refractivity contribution in [3.8, 4) is 11.5 Å². The molecular weight excluding hydrogens is 198 g/mol. The van der Waals surface area contributed by atoms with Gasteiger partial charge in [0.05, 0.1) is 6.61 Å². The van der Waals surface area contributed by atoms with E-state index in [4.69, 9.17) is 20.7 Å². The summed E-state index contributed by atoms with van der Waals surface area (Å²) in [7, 11) is 0. The summed E-state index contributed by atoms with van der Waals surface area (Å²) in [4.78, 5) is 11.4. The Morgan fingerprint density at radius 3 is 2.47 bits per heavy atom. The molecule has 5 nitrogen and oxygen atoms in total. The topological polar surface area (TPSA) is 92.8 Å². The van der Waals surface area contributed by atoms with Crippen LogP contribution < -0.4 is 10.5 Å². The highest BCUT2D eigenvalue weighted by atomic mass is 16.5. The Balaban J connectivity index is 2.71. The van der Waals surface area contributed by atoms with E-state index in [0.717, 1.165) is 0 Å². The average molecular weight is 211 g/mol. The van der Waals surface area contributed by atoms with Gasteiger partial charge in [-0.25, -0.2) is 4.79 Å². The van der Waals surface area contributed by atoms with E-state index < -0.39 is 18.1 Å². The summed E-state index contributed by atoms with van der Waals surface area (Å²) >= 11 is 0. The van der Waals surface area contributed by atoms with Gasteiger partial charge in [0.25, 0.3) is 0 Å². The maximum atomic E-state index is 11.4. The fourth-order valence-electron chi connectivity index (χ4n) is 0.802. The number of ether oxygens (including phenoxy) is 1. The van der Waals surface area contributed by atoms with Gasteiger partial charge in [-0.3, -0.25) is 0 Å². The second kappa shape index (κ2) is 4.29. The van der Waals surface area contributed by atoms with E-state index in [1.165, 1.54) is 31.2 Å². The number of aromatic hydroxyl groups is 1. The number of hydrogen-bond donors (Lipinski definition) is 3. The van der Waals surface area contributed by atoms with Crippen LogP contribution in [-0.2, 0) is 4.79 Å². The molecule has 0 fully saturated rings. The van der Waals surface area contributed by atoms with Gasteiger partial charge in [0.15, 0.2) is 0 Å². The van der Waals surface area contributed by atoms with E-state index in [-0.39, 0.29) is 11.5 Å². The van der Waals surface area contributed by atoms with Gasteiger partial charge in [-0.1, -0.05) is 0 Å². The Morgan fingerprint density at radius 2 is 2.00 bits per heavy atom. The van der Waals surface area contributed by atoms with Gasteiger partial charge in [-0.05, 0) is 31.2 Å². The molecule has 4 N–H and O–H groups in total. The fraction of sp³-hybridized carbons (Fsp3) is 0.300. The van der Waals surface area contributed by atoms with Crippen LogP contribution in [0.25, 0.3) is 0 Å². The summed E-state index contributed by atoms with van der Waals surface area (Å²) in [5.41, 5.74) is 4.04. The van der Waals surface area contributed by atoms with Gasteiger partial charge in [0, 0.05) is 0 Å². The molecule has 82 valence electrons. The van der Waals surface area contributed by atoms with Crippen LogP contribution in [0.2, 0.25) is 0 Å². The molecule has 0 aliphatic heterocycles. The molecule has 1 aromatic rings. The van der Waals surface area contributed by atoms with Gasteiger partial charge in [0.2, 0.25) is 0 Å². The number of carbonyl (C=O) groups is 1. The molecule has 1 rings (SSSR count). The largest absolute Gasteiger partial charge is 0.508 e. The van der Waals surface area contributed by atoms with Crippen LogP contribution in [-0.4, -0.2) is 28.3 Å². The fourth-order valence-corrected chi connectivity index (χ4v) is 0.802. The maximum absolute atomic E-state index is 11.4. The number of hydrogen-bond acceptors (Lipinski definition) is 5. The molecule has 1 aromatic carbocycles. The van der Waals surface area contributed by atoms with E-state index in [9.17, 15) is 4.79 Å². The van der Waals surface area contributed by atoms with Crippen molar-refractivity contribution >= 4 is 5.97 Å². The monoisotopic (exact) mass is 211 g/mol. The van der Waals surface area contributed by atoms with Crippen LogP contribution in [0.15, 0.2) is 24.3 Å². The van der Waals surface area contributed by atoms with Gasteiger partial charge in [-0.2, -0.15) is 0 Å². The van der Waals surface area contributed by atoms with Crippen LogP contribution in [0.4, 0.5) is 0 Å². The molecule has 1 atom stereocenters. The Labute approximate surface area is 87.1 Å². The van der Waals surface area contributed by atoms with Crippen LogP contribution in [0.1, 0.15) is 6.92 Å². The van der Waals surface area contributed by atoms with Gasteiger partial charge in [0.1, 0.15) is 17.0 Å². The predicted octanol–water partition coefficient (Wildman–Crippen LogP) is 0.00730. The van der Waals surface area contributed by atoms with Gasteiger partial charge < -0.3 is 20.7 Å². The number of rotatable bonds is 3. The van der Waals surface area contributed by atoms with Crippen molar-refractivity contribution in [3.63, 3.8) is 0 Å². The van der Waals surface area contributed by atoms with E-state index >= 15 is 0 Å². The summed E-state index contributed by atoms with van der Waals surface area (Å²) in [5, 5.41) is 17.8. The summed E-state index contributed by atoms with van der Waals surface area (Å²) in [6.07, 6.45) is 0. The van der Waals surface area contributed by atoms with E-state index in [1.54, 1.807) is 0 Å². The highest BCUT2D eigenvalue weighted by Crippen LogP contribution is 2.17. The first-order valence-corrected chi connectivity index (χ1v) is 4.37. The van der Waals surface area contributed by atoms with E-state index in [2.05, 4.69) is 0 Å². The van der Waals surface area contributed by atoms with Gasteiger partial charge in [-0.15, -0.1) is 0 Å². The Bertz CT molecular complexity index is 345.